The van der Waals surface area contributed by atoms with Crippen LogP contribution >= 0.6 is 34.8 Å². The highest BCUT2D eigenvalue weighted by atomic mass is 35.5. The third-order valence-electron chi connectivity index (χ3n) is 3.26. The Labute approximate surface area is 143 Å². The molecule has 0 aliphatic heterocycles. The summed E-state index contributed by atoms with van der Waals surface area (Å²) in [6.07, 6.45) is 1.62. The molecule has 1 atom stereocenters. The van der Waals surface area contributed by atoms with E-state index in [-0.39, 0.29) is 11.1 Å². The first-order chi connectivity index (χ1) is 10.5. The smallest absolute Gasteiger partial charge is 0.151 e. The van der Waals surface area contributed by atoms with Gasteiger partial charge in [0.05, 0.1) is 10.7 Å². The Hall–Kier alpha value is -0.940. The van der Waals surface area contributed by atoms with Gasteiger partial charge in [-0.25, -0.2) is 4.39 Å². The van der Waals surface area contributed by atoms with Gasteiger partial charge in [0.2, 0.25) is 0 Å². The van der Waals surface area contributed by atoms with Crippen molar-refractivity contribution in [1.29, 1.82) is 0 Å². The summed E-state index contributed by atoms with van der Waals surface area (Å²) >= 11 is 17.8. The van der Waals surface area contributed by atoms with Gasteiger partial charge in [-0.2, -0.15) is 5.10 Å². The Bertz CT molecular complexity index is 635. The van der Waals surface area contributed by atoms with Gasteiger partial charge in [-0.05, 0) is 50.6 Å². The highest BCUT2D eigenvalue weighted by molar-refractivity contribution is 6.36. The molecule has 1 N–H and O–H groups in total. The summed E-state index contributed by atoms with van der Waals surface area (Å²) < 4.78 is 13.5. The zero-order chi connectivity index (χ0) is 16.1. The minimum absolute atomic E-state index is 0.0658. The third-order valence-corrected chi connectivity index (χ3v) is 4.18. The lowest BCUT2D eigenvalue weighted by Gasteiger charge is -2.17. The molecular formula is C15H15Cl3FN3. The average molecular weight is 363 g/mol. The van der Waals surface area contributed by atoms with E-state index in [1.165, 1.54) is 12.1 Å². The highest BCUT2D eigenvalue weighted by Gasteiger charge is 2.16. The lowest BCUT2D eigenvalue weighted by Crippen LogP contribution is -2.21. The van der Waals surface area contributed by atoms with Crippen LogP contribution in [0.1, 0.15) is 30.6 Å². The van der Waals surface area contributed by atoms with Gasteiger partial charge in [0.15, 0.2) is 5.15 Å². The molecule has 1 heterocycles. The van der Waals surface area contributed by atoms with Crippen molar-refractivity contribution in [2.75, 3.05) is 6.54 Å². The topological polar surface area (TPSA) is 37.8 Å². The third kappa shape index (κ3) is 4.53. The Balaban J connectivity index is 1.87. The molecule has 0 aliphatic rings. The summed E-state index contributed by atoms with van der Waals surface area (Å²) in [5.74, 6) is -0.467. The molecule has 118 valence electrons. The lowest BCUT2D eigenvalue weighted by atomic mass is 10.1. The summed E-state index contributed by atoms with van der Waals surface area (Å²) in [6, 6.07) is 6.19. The van der Waals surface area contributed by atoms with Gasteiger partial charge in [0, 0.05) is 16.6 Å². The Morgan fingerprint density at radius 3 is 2.59 bits per heavy atom. The van der Waals surface area contributed by atoms with E-state index >= 15 is 0 Å². The first kappa shape index (κ1) is 17.4. The van der Waals surface area contributed by atoms with E-state index in [4.69, 9.17) is 34.8 Å². The number of nitrogens with one attached hydrogen (secondary N) is 1. The van der Waals surface area contributed by atoms with E-state index in [1.54, 1.807) is 6.07 Å². The molecule has 0 saturated heterocycles. The van der Waals surface area contributed by atoms with Gasteiger partial charge in [-0.3, -0.25) is 0 Å². The van der Waals surface area contributed by atoms with Crippen molar-refractivity contribution < 1.29 is 4.39 Å². The van der Waals surface area contributed by atoms with Crippen LogP contribution in [0.2, 0.25) is 15.2 Å². The number of hydrogen-bond donors (Lipinski definition) is 1. The van der Waals surface area contributed by atoms with Crippen LogP contribution in [-0.4, -0.2) is 16.7 Å². The Morgan fingerprint density at radius 1 is 1.14 bits per heavy atom. The van der Waals surface area contributed by atoms with Crippen LogP contribution in [0.5, 0.6) is 0 Å². The predicted octanol–water partition coefficient (Wildman–Crippen LogP) is 4.86. The number of rotatable bonds is 6. The molecule has 2 rings (SSSR count). The molecule has 0 unspecified atom stereocenters. The maximum Gasteiger partial charge on any atom is 0.151 e. The van der Waals surface area contributed by atoms with Crippen molar-refractivity contribution in [3.8, 4) is 0 Å². The van der Waals surface area contributed by atoms with E-state index in [2.05, 4.69) is 15.5 Å². The molecule has 3 nitrogen and oxygen atoms in total. The van der Waals surface area contributed by atoms with Crippen molar-refractivity contribution in [3.05, 3.63) is 56.5 Å². The fourth-order valence-electron chi connectivity index (χ4n) is 2.11. The molecule has 22 heavy (non-hydrogen) atoms. The normalized spacial score (nSPS) is 12.4. The molecule has 0 spiro atoms. The molecular weight excluding hydrogens is 348 g/mol. The quantitative estimate of drug-likeness (QED) is 0.589. The summed E-state index contributed by atoms with van der Waals surface area (Å²) in [5.41, 5.74) is 1.45. The van der Waals surface area contributed by atoms with Crippen molar-refractivity contribution in [2.24, 2.45) is 0 Å². The zero-order valence-electron chi connectivity index (χ0n) is 11.9. The van der Waals surface area contributed by atoms with Gasteiger partial charge in [0.1, 0.15) is 5.82 Å². The average Bonchev–Trinajstić information content (AvgIpc) is 2.50. The number of aryl methyl sites for hydroxylation is 1. The largest absolute Gasteiger partial charge is 0.310 e. The molecule has 0 amide bonds. The molecule has 1 aromatic carbocycles. The maximum atomic E-state index is 13.5. The van der Waals surface area contributed by atoms with Gasteiger partial charge in [-0.1, -0.05) is 34.8 Å². The number of hydrogen-bond acceptors (Lipinski definition) is 3. The van der Waals surface area contributed by atoms with E-state index in [0.717, 1.165) is 18.5 Å². The number of nitrogens with zero attached hydrogens (tertiary/aromatic N) is 2. The van der Waals surface area contributed by atoms with Crippen molar-refractivity contribution >= 4 is 34.8 Å². The Kier molecular flexibility index (Phi) is 6.38. The van der Waals surface area contributed by atoms with Crippen molar-refractivity contribution in [1.82, 2.24) is 15.5 Å². The second-order valence-electron chi connectivity index (χ2n) is 4.88. The lowest BCUT2D eigenvalue weighted by molar-refractivity contribution is 0.550. The van der Waals surface area contributed by atoms with E-state index in [0.29, 0.717) is 22.3 Å². The predicted molar refractivity (Wildman–Crippen MR) is 88.2 cm³/mol. The van der Waals surface area contributed by atoms with Crippen LogP contribution in [0.4, 0.5) is 4.39 Å². The second kappa shape index (κ2) is 8.06. The standard InChI is InChI=1S/C15H15Cl3FN3/c1-9(14-11(16)5-6-12(19)15(14)18)20-8-2-3-10-4-7-13(17)22-21-10/h4-7,9,20H,2-3,8H2,1H3/t9-/m1/s1. The van der Waals surface area contributed by atoms with Crippen LogP contribution in [0, 0.1) is 5.82 Å². The van der Waals surface area contributed by atoms with Crippen LogP contribution in [-0.2, 0) is 6.42 Å². The van der Waals surface area contributed by atoms with Crippen LogP contribution < -0.4 is 5.32 Å². The first-order valence-corrected chi connectivity index (χ1v) is 7.97. The second-order valence-corrected chi connectivity index (χ2v) is 6.06. The van der Waals surface area contributed by atoms with Gasteiger partial charge >= 0.3 is 0 Å². The molecule has 2 aromatic rings. The summed E-state index contributed by atoms with van der Waals surface area (Å²) in [4.78, 5) is 0. The van der Waals surface area contributed by atoms with Crippen LogP contribution in [0.3, 0.4) is 0 Å². The first-order valence-electron chi connectivity index (χ1n) is 6.84. The molecule has 0 saturated carbocycles. The van der Waals surface area contributed by atoms with Crippen molar-refractivity contribution in [3.63, 3.8) is 0 Å². The van der Waals surface area contributed by atoms with Crippen LogP contribution in [0.25, 0.3) is 0 Å². The van der Waals surface area contributed by atoms with Gasteiger partial charge in [-0.15, -0.1) is 5.10 Å². The molecule has 0 bridgehead atoms. The molecule has 1 aromatic heterocycles. The highest BCUT2D eigenvalue weighted by Crippen LogP contribution is 2.32. The SMILES string of the molecule is C[C@@H](NCCCc1ccc(Cl)nn1)c1c(Cl)ccc(F)c1Cl. The number of halogens is 4. The van der Waals surface area contributed by atoms with E-state index < -0.39 is 5.82 Å². The fraction of sp³-hybridized carbons (Fsp3) is 0.333. The number of benzene rings is 1. The van der Waals surface area contributed by atoms with E-state index in [9.17, 15) is 4.39 Å². The summed E-state index contributed by atoms with van der Waals surface area (Å²) in [5, 5.41) is 12.0. The molecule has 0 radical (unpaired) electrons. The van der Waals surface area contributed by atoms with Gasteiger partial charge in [0.25, 0.3) is 0 Å². The summed E-state index contributed by atoms with van der Waals surface area (Å²) in [7, 11) is 0. The molecule has 0 fully saturated rings. The Morgan fingerprint density at radius 2 is 1.91 bits per heavy atom. The zero-order valence-corrected chi connectivity index (χ0v) is 14.2. The molecule has 0 aliphatic carbocycles. The molecule has 7 heteroatoms. The monoisotopic (exact) mass is 361 g/mol. The van der Waals surface area contributed by atoms with Crippen molar-refractivity contribution in [2.45, 2.75) is 25.8 Å². The van der Waals surface area contributed by atoms with E-state index in [1.807, 2.05) is 13.0 Å². The number of aromatic nitrogens is 2. The maximum absolute atomic E-state index is 13.5. The van der Waals surface area contributed by atoms with Gasteiger partial charge < -0.3 is 5.32 Å². The minimum atomic E-state index is -0.467. The summed E-state index contributed by atoms with van der Waals surface area (Å²) in [6.45, 7) is 2.61. The van der Waals surface area contributed by atoms with Crippen LogP contribution in [0.15, 0.2) is 24.3 Å². The fourth-order valence-corrected chi connectivity index (χ4v) is 2.91. The minimum Gasteiger partial charge on any atom is -0.310 e.